The van der Waals surface area contributed by atoms with E-state index in [1.54, 1.807) is 18.2 Å². The molecule has 0 N–H and O–H groups in total. The zero-order valence-corrected chi connectivity index (χ0v) is 19.8. The normalized spacial score (nSPS) is 20.2. The monoisotopic (exact) mass is 463 g/mol. The van der Waals surface area contributed by atoms with Crippen molar-refractivity contribution in [2.45, 2.75) is 31.7 Å². The van der Waals surface area contributed by atoms with Crippen LogP contribution in [-0.2, 0) is 11.2 Å². The van der Waals surface area contributed by atoms with Crippen molar-refractivity contribution in [3.63, 3.8) is 0 Å². The molecule has 0 aliphatic carbocycles. The van der Waals surface area contributed by atoms with Gasteiger partial charge in [0.15, 0.2) is 11.5 Å². The number of ether oxygens (including phenoxy) is 3. The minimum Gasteiger partial charge on any atom is -0.486 e. The summed E-state index contributed by atoms with van der Waals surface area (Å²) >= 11 is 0. The average molecular weight is 464 g/mol. The third-order valence-corrected chi connectivity index (χ3v) is 6.68. The Morgan fingerprint density at radius 3 is 2.47 bits per heavy atom. The van der Waals surface area contributed by atoms with E-state index in [2.05, 4.69) is 36.2 Å². The maximum atomic E-state index is 12.0. The van der Waals surface area contributed by atoms with Crippen LogP contribution in [0.5, 0.6) is 11.5 Å². The number of amides is 1. The highest BCUT2D eigenvalue weighted by molar-refractivity contribution is 5.70. The van der Waals surface area contributed by atoms with Crippen molar-refractivity contribution in [3.05, 3.63) is 59.7 Å². The molecule has 0 bridgehead atoms. The largest absolute Gasteiger partial charge is 0.486 e. The van der Waals surface area contributed by atoms with E-state index in [0.717, 1.165) is 31.1 Å². The molecule has 2 fully saturated rings. The van der Waals surface area contributed by atoms with Gasteiger partial charge in [-0.3, -0.25) is 0 Å². The predicted octanol–water partition coefficient (Wildman–Crippen LogP) is 4.11. The first kappa shape index (κ1) is 23.9. The van der Waals surface area contributed by atoms with E-state index >= 15 is 0 Å². The summed E-state index contributed by atoms with van der Waals surface area (Å²) in [5.74, 6) is 2.14. The summed E-state index contributed by atoms with van der Waals surface area (Å²) in [6, 6.07) is 17.8. The molecular formula is C27H33N3O4. The van der Waals surface area contributed by atoms with Crippen molar-refractivity contribution in [1.82, 2.24) is 9.80 Å². The Kier molecular flexibility index (Phi) is 8.26. The van der Waals surface area contributed by atoms with Crippen LogP contribution in [0.2, 0.25) is 0 Å². The van der Waals surface area contributed by atoms with Crippen LogP contribution >= 0.6 is 0 Å². The zero-order chi connectivity index (χ0) is 23.8. The minimum atomic E-state index is -0.131. The number of likely N-dealkylation sites (tertiary alicyclic amines) is 1. The number of carbonyl (C=O) groups is 1. The molecule has 3 aliphatic heterocycles. The molecule has 7 heteroatoms. The third kappa shape index (κ3) is 6.42. The van der Waals surface area contributed by atoms with Crippen molar-refractivity contribution in [2.24, 2.45) is 5.92 Å². The number of nitriles is 1. The minimum absolute atomic E-state index is 0.131. The molecule has 3 heterocycles. The highest BCUT2D eigenvalue weighted by Gasteiger charge is 2.33. The number of piperidine rings is 1. The molecular weight excluding hydrogens is 430 g/mol. The first-order valence-electron chi connectivity index (χ1n) is 12.1. The maximum absolute atomic E-state index is 12.0. The Morgan fingerprint density at radius 2 is 1.74 bits per heavy atom. The lowest BCUT2D eigenvalue weighted by Gasteiger charge is -2.30. The lowest BCUT2D eigenvalue weighted by atomic mass is 9.93. The van der Waals surface area contributed by atoms with Gasteiger partial charge in [0.2, 0.25) is 0 Å². The van der Waals surface area contributed by atoms with Gasteiger partial charge in [-0.1, -0.05) is 30.3 Å². The smallest absolute Gasteiger partial charge is 0.410 e. The second-order valence-electron chi connectivity index (χ2n) is 9.12. The van der Waals surface area contributed by atoms with Gasteiger partial charge in [-0.2, -0.15) is 5.26 Å². The van der Waals surface area contributed by atoms with Crippen LogP contribution in [0.25, 0.3) is 0 Å². The molecule has 5 rings (SSSR count). The van der Waals surface area contributed by atoms with Crippen LogP contribution in [-0.4, -0.2) is 68.4 Å². The van der Waals surface area contributed by atoms with Crippen molar-refractivity contribution < 1.29 is 19.0 Å². The fraction of sp³-hybridized carbons (Fsp3) is 0.481. The van der Waals surface area contributed by atoms with Crippen LogP contribution in [0.3, 0.4) is 0 Å². The highest BCUT2D eigenvalue weighted by atomic mass is 16.6. The number of rotatable bonds is 5. The lowest BCUT2D eigenvalue weighted by Crippen LogP contribution is -2.38. The first-order chi connectivity index (χ1) is 16.6. The summed E-state index contributed by atoms with van der Waals surface area (Å²) < 4.78 is 15.9. The van der Waals surface area contributed by atoms with Gasteiger partial charge in [-0.15, -0.1) is 0 Å². The van der Waals surface area contributed by atoms with Gasteiger partial charge in [0.1, 0.15) is 19.8 Å². The van der Waals surface area contributed by atoms with Gasteiger partial charge >= 0.3 is 6.09 Å². The van der Waals surface area contributed by atoms with Crippen LogP contribution in [0.4, 0.5) is 4.79 Å². The Morgan fingerprint density at radius 1 is 1.00 bits per heavy atom. The molecule has 3 aliphatic rings. The molecule has 0 radical (unpaired) electrons. The van der Waals surface area contributed by atoms with Crippen LogP contribution in [0, 0.1) is 17.2 Å². The maximum Gasteiger partial charge on any atom is 0.410 e. The molecule has 7 nitrogen and oxygen atoms in total. The average Bonchev–Trinajstić information content (AvgIpc) is 3.23. The third-order valence-electron chi connectivity index (χ3n) is 6.68. The molecule has 1 atom stereocenters. The number of benzene rings is 2. The Hall–Kier alpha value is -3.24. The molecule has 0 aromatic heterocycles. The van der Waals surface area contributed by atoms with Crippen molar-refractivity contribution in [3.8, 4) is 17.6 Å². The summed E-state index contributed by atoms with van der Waals surface area (Å²) in [7, 11) is 2.18. The molecule has 0 spiro atoms. The molecule has 2 aromatic carbocycles. The van der Waals surface area contributed by atoms with E-state index in [0.29, 0.717) is 31.1 Å². The summed E-state index contributed by atoms with van der Waals surface area (Å²) in [5, 5.41) is 8.59. The van der Waals surface area contributed by atoms with Gasteiger partial charge in [0, 0.05) is 12.6 Å². The second-order valence-corrected chi connectivity index (χ2v) is 9.12. The summed E-state index contributed by atoms with van der Waals surface area (Å²) in [5.41, 5.74) is 1.87. The molecule has 180 valence electrons. The first-order valence-corrected chi connectivity index (χ1v) is 12.1. The van der Waals surface area contributed by atoms with E-state index < -0.39 is 0 Å². The van der Waals surface area contributed by atoms with E-state index in [9.17, 15) is 4.79 Å². The number of cyclic esters (lactones) is 1. The molecule has 2 saturated heterocycles. The Labute approximate surface area is 201 Å². The van der Waals surface area contributed by atoms with Crippen molar-refractivity contribution in [2.75, 3.05) is 46.5 Å². The molecule has 1 unspecified atom stereocenters. The fourth-order valence-corrected chi connectivity index (χ4v) is 4.60. The van der Waals surface area contributed by atoms with Gasteiger partial charge < -0.3 is 24.0 Å². The van der Waals surface area contributed by atoms with Gasteiger partial charge in [0.05, 0.1) is 17.7 Å². The van der Waals surface area contributed by atoms with Gasteiger partial charge in [-0.05, 0) is 69.4 Å². The number of carbonyl (C=O) groups excluding carboxylic acids is 1. The van der Waals surface area contributed by atoms with Gasteiger partial charge in [0.25, 0.3) is 0 Å². The summed E-state index contributed by atoms with van der Waals surface area (Å²) in [4.78, 5) is 16.3. The quantitative estimate of drug-likeness (QED) is 0.664. The van der Waals surface area contributed by atoms with Crippen molar-refractivity contribution in [1.29, 1.82) is 5.26 Å². The van der Waals surface area contributed by atoms with E-state index in [-0.39, 0.29) is 12.1 Å². The van der Waals surface area contributed by atoms with Gasteiger partial charge in [-0.25, -0.2) is 4.79 Å². The fourth-order valence-electron chi connectivity index (χ4n) is 4.60. The molecule has 34 heavy (non-hydrogen) atoms. The topological polar surface area (TPSA) is 75.0 Å². The second kappa shape index (κ2) is 11.8. The SMILES string of the molecule is CN1CCC(CCN2C(=O)OCC2Cc2ccccc2)CC1.N#Cc1ccc2c(c1)OCCO2. The van der Waals surface area contributed by atoms with Crippen LogP contribution < -0.4 is 9.47 Å². The predicted molar refractivity (Wildman–Crippen MR) is 129 cm³/mol. The van der Waals surface area contributed by atoms with E-state index in [1.165, 1.54) is 31.5 Å². The number of nitrogens with zero attached hydrogens (tertiary/aromatic N) is 3. The van der Waals surface area contributed by atoms with Crippen LogP contribution in [0.1, 0.15) is 30.4 Å². The van der Waals surface area contributed by atoms with Crippen molar-refractivity contribution >= 4 is 6.09 Å². The Bertz CT molecular complexity index is 983. The summed E-state index contributed by atoms with van der Waals surface area (Å²) in [6.45, 7) is 4.87. The molecule has 0 saturated carbocycles. The number of hydrogen-bond acceptors (Lipinski definition) is 6. The Balaban J connectivity index is 0.000000192. The number of hydrogen-bond donors (Lipinski definition) is 0. The highest BCUT2D eigenvalue weighted by Crippen LogP contribution is 2.30. The zero-order valence-electron chi connectivity index (χ0n) is 19.8. The summed E-state index contributed by atoms with van der Waals surface area (Å²) in [6.07, 6.45) is 4.37. The molecule has 1 amide bonds. The van der Waals surface area contributed by atoms with Crippen LogP contribution in [0.15, 0.2) is 48.5 Å². The van der Waals surface area contributed by atoms with E-state index in [4.69, 9.17) is 19.5 Å². The standard InChI is InChI=1S/C18H26N2O2.C9H7NO2/c1-19-10-7-15(8-11-19)9-12-20-17(14-22-18(20)21)13-16-5-3-2-4-6-16;10-6-7-1-2-8-9(5-7)12-4-3-11-8/h2-6,15,17H,7-14H2,1H3;1-2,5H,3-4H2. The molecule has 2 aromatic rings. The number of fused-ring (bicyclic) bond motifs is 1. The van der Waals surface area contributed by atoms with E-state index in [1.807, 2.05) is 17.0 Å². The lowest BCUT2D eigenvalue weighted by molar-refractivity contribution is 0.151.